The SMILES string of the molecule is CC(CC(c1cccc(C(C)(C)C)c1)C(C)(C)C)C(C)(C)C. The third-order valence-electron chi connectivity index (χ3n) is 5.27. The third kappa shape index (κ3) is 5.14. The minimum Gasteiger partial charge on any atom is -0.0620 e. The molecule has 0 amide bonds. The lowest BCUT2D eigenvalue weighted by Crippen LogP contribution is -2.26. The highest BCUT2D eigenvalue weighted by Crippen LogP contribution is 2.44. The van der Waals surface area contributed by atoms with Gasteiger partial charge in [-0.1, -0.05) is 93.5 Å². The molecule has 0 heteroatoms. The van der Waals surface area contributed by atoms with E-state index in [-0.39, 0.29) is 10.8 Å². The first-order valence-corrected chi connectivity index (χ1v) is 8.83. The molecule has 0 saturated carbocycles. The van der Waals surface area contributed by atoms with Crippen LogP contribution in [0.1, 0.15) is 92.7 Å². The molecule has 0 aromatic heterocycles. The molecular formula is C22H38. The van der Waals surface area contributed by atoms with Crippen LogP contribution >= 0.6 is 0 Å². The summed E-state index contributed by atoms with van der Waals surface area (Å²) in [5.41, 5.74) is 3.83. The van der Waals surface area contributed by atoms with Crippen LogP contribution in [-0.4, -0.2) is 0 Å². The van der Waals surface area contributed by atoms with E-state index in [1.165, 1.54) is 17.5 Å². The predicted octanol–water partition coefficient (Wildman–Crippen LogP) is 7.19. The number of rotatable bonds is 3. The van der Waals surface area contributed by atoms with Crippen LogP contribution in [0.15, 0.2) is 24.3 Å². The van der Waals surface area contributed by atoms with Gasteiger partial charge in [-0.05, 0) is 45.6 Å². The largest absolute Gasteiger partial charge is 0.0620 e. The van der Waals surface area contributed by atoms with Gasteiger partial charge in [0.05, 0.1) is 0 Å². The molecule has 126 valence electrons. The van der Waals surface area contributed by atoms with E-state index in [1.807, 2.05) is 0 Å². The normalized spacial score (nSPS) is 16.5. The summed E-state index contributed by atoms with van der Waals surface area (Å²) < 4.78 is 0. The molecule has 0 bridgehead atoms. The fourth-order valence-electron chi connectivity index (χ4n) is 2.92. The van der Waals surface area contributed by atoms with Crippen molar-refractivity contribution in [2.45, 2.75) is 87.0 Å². The fourth-order valence-corrected chi connectivity index (χ4v) is 2.92. The zero-order valence-corrected chi connectivity index (χ0v) is 16.7. The average Bonchev–Trinajstić information content (AvgIpc) is 2.32. The molecule has 1 rings (SSSR count). The summed E-state index contributed by atoms with van der Waals surface area (Å²) in [7, 11) is 0. The van der Waals surface area contributed by atoms with Crippen molar-refractivity contribution in [1.29, 1.82) is 0 Å². The summed E-state index contributed by atoms with van der Waals surface area (Å²) in [5, 5.41) is 0. The lowest BCUT2D eigenvalue weighted by Gasteiger charge is -2.38. The van der Waals surface area contributed by atoms with Crippen molar-refractivity contribution < 1.29 is 0 Å². The second kappa shape index (κ2) is 6.38. The first-order chi connectivity index (χ1) is 9.73. The quantitative estimate of drug-likeness (QED) is 0.554. The summed E-state index contributed by atoms with van der Waals surface area (Å²) >= 11 is 0. The van der Waals surface area contributed by atoms with E-state index in [0.717, 1.165) is 0 Å². The van der Waals surface area contributed by atoms with Gasteiger partial charge in [0.15, 0.2) is 0 Å². The van der Waals surface area contributed by atoms with Crippen molar-refractivity contribution in [2.24, 2.45) is 16.7 Å². The van der Waals surface area contributed by atoms with Gasteiger partial charge >= 0.3 is 0 Å². The van der Waals surface area contributed by atoms with Crippen molar-refractivity contribution in [3.63, 3.8) is 0 Å². The van der Waals surface area contributed by atoms with Crippen molar-refractivity contribution >= 4 is 0 Å². The van der Waals surface area contributed by atoms with Crippen LogP contribution in [0, 0.1) is 16.7 Å². The summed E-state index contributed by atoms with van der Waals surface area (Å²) in [5.74, 6) is 1.30. The van der Waals surface area contributed by atoms with Crippen molar-refractivity contribution in [3.8, 4) is 0 Å². The van der Waals surface area contributed by atoms with Gasteiger partial charge in [-0.3, -0.25) is 0 Å². The smallest absolute Gasteiger partial charge is 0.0110 e. The highest BCUT2D eigenvalue weighted by molar-refractivity contribution is 5.31. The first-order valence-electron chi connectivity index (χ1n) is 8.83. The van der Waals surface area contributed by atoms with Crippen LogP contribution in [0.25, 0.3) is 0 Å². The molecule has 0 radical (unpaired) electrons. The van der Waals surface area contributed by atoms with Gasteiger partial charge in [-0.25, -0.2) is 0 Å². The van der Waals surface area contributed by atoms with Crippen LogP contribution in [0.4, 0.5) is 0 Å². The van der Waals surface area contributed by atoms with E-state index in [2.05, 4.69) is 93.5 Å². The predicted molar refractivity (Wildman–Crippen MR) is 101 cm³/mol. The van der Waals surface area contributed by atoms with Crippen LogP contribution in [-0.2, 0) is 5.41 Å². The molecular weight excluding hydrogens is 264 g/mol. The molecule has 0 aliphatic heterocycles. The summed E-state index contributed by atoms with van der Waals surface area (Å²) in [4.78, 5) is 0. The van der Waals surface area contributed by atoms with E-state index < -0.39 is 0 Å². The third-order valence-corrected chi connectivity index (χ3v) is 5.27. The van der Waals surface area contributed by atoms with Crippen molar-refractivity contribution in [3.05, 3.63) is 35.4 Å². The molecule has 0 spiro atoms. The highest BCUT2D eigenvalue weighted by Gasteiger charge is 2.32. The van der Waals surface area contributed by atoms with Gasteiger partial charge in [0.1, 0.15) is 0 Å². The molecule has 1 aromatic rings. The lowest BCUT2D eigenvalue weighted by atomic mass is 9.67. The van der Waals surface area contributed by atoms with Gasteiger partial charge in [0.2, 0.25) is 0 Å². The zero-order valence-electron chi connectivity index (χ0n) is 16.7. The number of benzene rings is 1. The Morgan fingerprint density at radius 3 is 1.77 bits per heavy atom. The Kier molecular flexibility index (Phi) is 5.59. The Labute approximate surface area is 139 Å². The van der Waals surface area contributed by atoms with Gasteiger partial charge in [-0.15, -0.1) is 0 Å². The van der Waals surface area contributed by atoms with E-state index >= 15 is 0 Å². The molecule has 0 fully saturated rings. The molecule has 0 aliphatic rings. The maximum atomic E-state index is 2.45. The molecule has 0 saturated heterocycles. The second-order valence-corrected chi connectivity index (χ2v) is 10.3. The topological polar surface area (TPSA) is 0 Å². The Balaban J connectivity index is 3.19. The van der Waals surface area contributed by atoms with Crippen molar-refractivity contribution in [2.75, 3.05) is 0 Å². The maximum absolute atomic E-state index is 2.45. The molecule has 22 heavy (non-hydrogen) atoms. The fraction of sp³-hybridized carbons (Fsp3) is 0.727. The van der Waals surface area contributed by atoms with E-state index in [4.69, 9.17) is 0 Å². The molecule has 0 aliphatic carbocycles. The molecule has 2 unspecified atom stereocenters. The van der Waals surface area contributed by atoms with Gasteiger partial charge in [0.25, 0.3) is 0 Å². The monoisotopic (exact) mass is 302 g/mol. The summed E-state index contributed by atoms with van der Waals surface area (Å²) in [6.45, 7) is 23.6. The minimum absolute atomic E-state index is 0.216. The average molecular weight is 303 g/mol. The van der Waals surface area contributed by atoms with Crippen LogP contribution in [0.2, 0.25) is 0 Å². The second-order valence-electron chi connectivity index (χ2n) is 10.3. The summed E-state index contributed by atoms with van der Waals surface area (Å²) in [6, 6.07) is 9.30. The maximum Gasteiger partial charge on any atom is -0.0110 e. The lowest BCUT2D eigenvalue weighted by molar-refractivity contribution is 0.188. The van der Waals surface area contributed by atoms with E-state index in [1.54, 1.807) is 0 Å². The minimum atomic E-state index is 0.216. The number of hydrogen-bond acceptors (Lipinski definition) is 0. The van der Waals surface area contributed by atoms with Gasteiger partial charge in [-0.2, -0.15) is 0 Å². The molecule has 0 N–H and O–H groups in total. The van der Waals surface area contributed by atoms with Crippen molar-refractivity contribution in [1.82, 2.24) is 0 Å². The standard InChI is InChI=1S/C22H38/c1-16(20(2,3)4)14-19(22(8,9)10)17-12-11-13-18(15-17)21(5,6)7/h11-13,15-16,19H,14H2,1-10H3. The van der Waals surface area contributed by atoms with Crippen LogP contribution in [0.3, 0.4) is 0 Å². The Morgan fingerprint density at radius 1 is 0.818 bits per heavy atom. The molecule has 0 heterocycles. The summed E-state index contributed by atoms with van der Waals surface area (Å²) in [6.07, 6.45) is 1.25. The van der Waals surface area contributed by atoms with Crippen LogP contribution < -0.4 is 0 Å². The molecule has 1 aromatic carbocycles. The van der Waals surface area contributed by atoms with E-state index in [9.17, 15) is 0 Å². The van der Waals surface area contributed by atoms with Crippen LogP contribution in [0.5, 0.6) is 0 Å². The Morgan fingerprint density at radius 2 is 1.36 bits per heavy atom. The first kappa shape index (κ1) is 19.3. The highest BCUT2D eigenvalue weighted by atomic mass is 14.4. The Bertz CT molecular complexity index is 474. The Hall–Kier alpha value is -0.780. The molecule has 2 atom stereocenters. The van der Waals surface area contributed by atoms with E-state index in [0.29, 0.717) is 17.3 Å². The number of hydrogen-bond donors (Lipinski definition) is 0. The van der Waals surface area contributed by atoms with Gasteiger partial charge in [0, 0.05) is 0 Å². The van der Waals surface area contributed by atoms with Gasteiger partial charge < -0.3 is 0 Å². The molecule has 0 nitrogen and oxygen atoms in total. The zero-order chi connectivity index (χ0) is 17.3.